The van der Waals surface area contributed by atoms with E-state index in [2.05, 4.69) is 125 Å². The monoisotopic (exact) mass is 820 g/mol. The number of allylic oxidation sites excluding steroid dienone is 10. The largest absolute Gasteiger partial charge is 0.360 e. The van der Waals surface area contributed by atoms with Gasteiger partial charge in [0.15, 0.2) is 0 Å². The fraction of sp³-hybridized carbons (Fsp3) is 0.148. The Morgan fingerprint density at radius 1 is 0.433 bits per heavy atom. The van der Waals surface area contributed by atoms with Crippen LogP contribution in [0.15, 0.2) is 212 Å². The number of carbonyl (C=O) groups is 2. The second-order valence-electron chi connectivity index (χ2n) is 17.1. The third kappa shape index (κ3) is 8.77. The molecular weight excluding hydrogens is 773 g/mol. The van der Waals surface area contributed by atoms with Gasteiger partial charge in [-0.3, -0.25) is 9.59 Å². The third-order valence-electron chi connectivity index (χ3n) is 10.7. The summed E-state index contributed by atoms with van der Waals surface area (Å²) in [6.45, 7) is 13.0. The summed E-state index contributed by atoms with van der Waals surface area (Å²) in [4.78, 5) is 31.8. The van der Waals surface area contributed by atoms with E-state index in [1.165, 1.54) is 23.5 Å². The summed E-state index contributed by atoms with van der Waals surface area (Å²) in [5, 5.41) is 11.6. The van der Waals surface area contributed by atoms with Crippen LogP contribution in [0.25, 0.3) is 32.7 Å². The van der Waals surface area contributed by atoms with Crippen molar-refractivity contribution in [3.63, 3.8) is 0 Å². The Kier molecular flexibility index (Phi) is 11.4. The predicted octanol–water partition coefficient (Wildman–Crippen LogP) is 14.7. The van der Waals surface area contributed by atoms with Gasteiger partial charge in [0, 0.05) is 55.8 Å². The number of ketones is 2. The summed E-state index contributed by atoms with van der Waals surface area (Å²) in [6, 6.07) is 45.3. The zero-order chi connectivity index (χ0) is 42.0. The summed E-state index contributed by atoms with van der Waals surface area (Å²) >= 11 is 3.00. The molecule has 0 unspecified atom stereocenters. The first-order valence-electron chi connectivity index (χ1n) is 20.2. The smallest absolute Gasteiger partial charge is 0.201 e. The molecule has 0 bridgehead atoms. The molecule has 0 aliphatic heterocycles. The van der Waals surface area contributed by atoms with E-state index >= 15 is 0 Å². The van der Waals surface area contributed by atoms with E-state index in [1.807, 2.05) is 97.4 Å². The van der Waals surface area contributed by atoms with E-state index in [0.29, 0.717) is 21.0 Å². The molecular formula is C54H48N2O2S2. The molecule has 0 atom stereocenters. The average molecular weight is 821 g/mol. The number of hydrogen-bond acceptors (Lipinski definition) is 6. The van der Waals surface area contributed by atoms with Crippen molar-refractivity contribution in [2.24, 2.45) is 10.8 Å². The van der Waals surface area contributed by atoms with E-state index < -0.39 is 0 Å². The van der Waals surface area contributed by atoms with Gasteiger partial charge in [0.2, 0.25) is 11.6 Å². The van der Waals surface area contributed by atoms with Crippen molar-refractivity contribution in [2.75, 3.05) is 10.6 Å². The molecule has 6 heteroatoms. The first-order valence-corrected chi connectivity index (χ1v) is 21.9. The van der Waals surface area contributed by atoms with Gasteiger partial charge < -0.3 is 10.6 Å². The van der Waals surface area contributed by atoms with Crippen molar-refractivity contribution in [2.45, 2.75) is 51.3 Å². The van der Waals surface area contributed by atoms with Gasteiger partial charge in [0.25, 0.3) is 0 Å². The Morgan fingerprint density at radius 2 is 0.800 bits per heavy atom. The van der Waals surface area contributed by atoms with Crippen molar-refractivity contribution in [3.8, 4) is 11.1 Å². The molecule has 0 saturated carbocycles. The van der Waals surface area contributed by atoms with E-state index in [9.17, 15) is 9.59 Å². The number of rotatable bonds is 9. The number of carbonyl (C=O) groups excluding carboxylic acids is 2. The first kappa shape index (κ1) is 40.7. The molecule has 60 heavy (non-hydrogen) atoms. The molecule has 2 N–H and O–H groups in total. The maximum absolute atomic E-state index is 14.2. The van der Waals surface area contributed by atoms with Crippen LogP contribution in [0.4, 0.5) is 11.4 Å². The summed E-state index contributed by atoms with van der Waals surface area (Å²) < 4.78 is 0. The Balaban J connectivity index is 1.24. The lowest BCUT2D eigenvalue weighted by atomic mass is 9.82. The molecule has 4 nitrogen and oxygen atoms in total. The number of anilines is 2. The average Bonchev–Trinajstić information content (AvgIpc) is 3.24. The minimum atomic E-state index is -0.173. The highest BCUT2D eigenvalue weighted by atomic mass is 32.2. The topological polar surface area (TPSA) is 58.2 Å². The van der Waals surface area contributed by atoms with Crippen LogP contribution in [-0.4, -0.2) is 11.6 Å². The molecule has 298 valence electrons. The minimum Gasteiger partial charge on any atom is -0.360 e. The number of hydrogen-bond donors (Lipinski definition) is 2. The lowest BCUT2D eigenvalue weighted by Crippen LogP contribution is -2.16. The molecule has 0 aromatic heterocycles. The molecule has 0 amide bonds. The van der Waals surface area contributed by atoms with Crippen LogP contribution in [0.2, 0.25) is 0 Å². The molecule has 0 saturated heterocycles. The zero-order valence-electron chi connectivity index (χ0n) is 34.8. The second kappa shape index (κ2) is 16.9. The molecule has 2 aliphatic carbocycles. The number of Topliss-reactive ketones (excluding diaryl/α,β-unsaturated/α-hetero) is 2. The second-order valence-corrected chi connectivity index (χ2v) is 19.3. The van der Waals surface area contributed by atoms with E-state index in [-0.39, 0.29) is 22.4 Å². The summed E-state index contributed by atoms with van der Waals surface area (Å²) in [7, 11) is 0. The maximum atomic E-state index is 14.2. The van der Waals surface area contributed by atoms with E-state index in [0.717, 1.165) is 65.0 Å². The minimum absolute atomic E-state index is 0.0236. The van der Waals surface area contributed by atoms with Crippen LogP contribution in [-0.2, 0) is 9.59 Å². The van der Waals surface area contributed by atoms with Crippen LogP contribution in [0.5, 0.6) is 0 Å². The summed E-state index contributed by atoms with van der Waals surface area (Å²) in [6.07, 6.45) is 11.8. The van der Waals surface area contributed by atoms with E-state index in [4.69, 9.17) is 0 Å². The third-order valence-corrected chi connectivity index (χ3v) is 12.8. The number of nitrogens with one attached hydrogen (secondary N) is 2. The van der Waals surface area contributed by atoms with Crippen LogP contribution < -0.4 is 10.6 Å². The number of fused-ring (bicyclic) bond motifs is 2. The quantitative estimate of drug-likeness (QED) is 0.142. The van der Waals surface area contributed by atoms with Crippen molar-refractivity contribution in [1.82, 2.24) is 0 Å². The first-order chi connectivity index (χ1) is 28.8. The molecule has 6 aromatic carbocycles. The van der Waals surface area contributed by atoms with Gasteiger partial charge in [-0.05, 0) is 104 Å². The summed E-state index contributed by atoms with van der Waals surface area (Å²) in [5.74, 6) is -0.0472. The normalized spacial score (nSPS) is 16.2. The van der Waals surface area contributed by atoms with Crippen molar-refractivity contribution in [3.05, 3.63) is 202 Å². The van der Waals surface area contributed by atoms with Gasteiger partial charge in [0.1, 0.15) is 0 Å². The van der Waals surface area contributed by atoms with Gasteiger partial charge in [0.05, 0.1) is 9.81 Å². The lowest BCUT2D eigenvalue weighted by Gasteiger charge is -2.25. The zero-order valence-corrected chi connectivity index (χ0v) is 36.4. The Labute approximate surface area is 362 Å². The summed E-state index contributed by atoms with van der Waals surface area (Å²) in [5.41, 5.74) is 6.69. The van der Waals surface area contributed by atoms with Gasteiger partial charge in [-0.2, -0.15) is 0 Å². The number of benzene rings is 6. The predicted molar refractivity (Wildman–Crippen MR) is 256 cm³/mol. The highest BCUT2D eigenvalue weighted by Gasteiger charge is 2.28. The van der Waals surface area contributed by atoms with Crippen molar-refractivity contribution >= 4 is 68.0 Å². The molecule has 0 radical (unpaired) electrons. The highest BCUT2D eigenvalue weighted by molar-refractivity contribution is 8.04. The SMILES string of the molecule is CC(C)(C)C1=C/C(=C/Nc2ccc3ccccc3c2-c2c(N/C=C3/C=C(C(C)(C)C)C=C(Sc4ccccc4)C3=O)ccc3ccccc23)C(=O)C(Sc2ccccc2)=C1. The molecule has 8 rings (SSSR count). The van der Waals surface area contributed by atoms with Gasteiger partial charge in [-0.1, -0.05) is 162 Å². The van der Waals surface area contributed by atoms with Crippen LogP contribution in [0.3, 0.4) is 0 Å². The molecule has 0 fully saturated rings. The van der Waals surface area contributed by atoms with Gasteiger partial charge in [-0.25, -0.2) is 0 Å². The van der Waals surface area contributed by atoms with Gasteiger partial charge >= 0.3 is 0 Å². The van der Waals surface area contributed by atoms with Crippen molar-refractivity contribution in [1.29, 1.82) is 0 Å². The Bertz CT molecular complexity index is 2650. The Hall–Kier alpha value is -6.08. The van der Waals surface area contributed by atoms with Crippen molar-refractivity contribution < 1.29 is 9.59 Å². The standard InChI is InChI=1S/C54H48N2O2S2/c1-53(2,3)39-29-37(51(57)47(31-39)59-41-19-9-7-10-20-41)33-55-45-27-25-35-17-13-15-23-43(35)49(45)50-44-24-16-14-18-36(44)26-28-46(50)56-34-38-30-40(54(4,5)6)32-48(52(38)58)60-42-21-11-8-12-22-42/h7-34,55-56H,1-6H3/b37-33-,38-34-. The van der Waals surface area contributed by atoms with Gasteiger partial charge in [-0.15, -0.1) is 0 Å². The molecule has 0 heterocycles. The molecule has 0 spiro atoms. The lowest BCUT2D eigenvalue weighted by molar-refractivity contribution is -0.112. The van der Waals surface area contributed by atoms with Crippen LogP contribution in [0.1, 0.15) is 41.5 Å². The van der Waals surface area contributed by atoms with E-state index in [1.54, 1.807) is 0 Å². The number of thioether (sulfide) groups is 2. The van der Waals surface area contributed by atoms with Crippen LogP contribution in [0, 0.1) is 10.8 Å². The fourth-order valence-electron chi connectivity index (χ4n) is 7.34. The molecule has 6 aromatic rings. The highest BCUT2D eigenvalue weighted by Crippen LogP contribution is 2.45. The van der Waals surface area contributed by atoms with Crippen LogP contribution >= 0.6 is 23.5 Å². The fourth-order valence-corrected chi connectivity index (χ4v) is 9.23. The Morgan fingerprint density at radius 3 is 1.18 bits per heavy atom. The molecule has 2 aliphatic rings. The maximum Gasteiger partial charge on any atom is 0.201 e.